The summed E-state index contributed by atoms with van der Waals surface area (Å²) >= 11 is 0. The van der Waals surface area contributed by atoms with Gasteiger partial charge in [-0.25, -0.2) is 4.79 Å². The van der Waals surface area contributed by atoms with Crippen molar-refractivity contribution >= 4 is 11.7 Å². The van der Waals surface area contributed by atoms with E-state index >= 15 is 0 Å². The Balaban J connectivity index is 2.60. The van der Waals surface area contributed by atoms with Crippen molar-refractivity contribution in [1.82, 2.24) is 4.90 Å². The molecule has 0 saturated heterocycles. The highest BCUT2D eigenvalue weighted by molar-refractivity contribution is 5.89. The molecule has 0 aliphatic rings. The van der Waals surface area contributed by atoms with Gasteiger partial charge in [0.1, 0.15) is 0 Å². The van der Waals surface area contributed by atoms with Crippen LogP contribution in [0, 0.1) is 12.3 Å². The summed E-state index contributed by atoms with van der Waals surface area (Å²) in [5, 5.41) is 2.88. The molecule has 0 aliphatic carbocycles. The number of amides is 2. The molecule has 18 heavy (non-hydrogen) atoms. The number of hydrogen-bond donors (Lipinski definition) is 2. The number of nitrogens with zero attached hydrogens (tertiary/aromatic N) is 1. The van der Waals surface area contributed by atoms with Crippen LogP contribution in [0.3, 0.4) is 0 Å². The predicted octanol–water partition coefficient (Wildman–Crippen LogP) is 2.44. The number of carbonyl (C=O) groups excluding carboxylic acids is 1. The van der Waals surface area contributed by atoms with Gasteiger partial charge in [0, 0.05) is 19.3 Å². The lowest BCUT2D eigenvalue weighted by Crippen LogP contribution is -2.41. The Morgan fingerprint density at radius 2 is 2.11 bits per heavy atom. The van der Waals surface area contributed by atoms with Crippen LogP contribution in [0.2, 0.25) is 0 Å². The molecule has 0 aliphatic heterocycles. The summed E-state index contributed by atoms with van der Waals surface area (Å²) in [6.45, 7) is 7.26. The molecule has 100 valence electrons. The van der Waals surface area contributed by atoms with Crippen LogP contribution < -0.4 is 11.1 Å². The molecule has 3 N–H and O–H groups in total. The van der Waals surface area contributed by atoms with E-state index in [9.17, 15) is 4.79 Å². The van der Waals surface area contributed by atoms with Crippen molar-refractivity contribution in [2.24, 2.45) is 11.1 Å². The maximum absolute atomic E-state index is 12.0. The molecule has 4 nitrogen and oxygen atoms in total. The molecule has 0 fully saturated rings. The van der Waals surface area contributed by atoms with Gasteiger partial charge in [-0.3, -0.25) is 0 Å². The normalized spacial score (nSPS) is 11.2. The van der Waals surface area contributed by atoms with Crippen molar-refractivity contribution in [3.8, 4) is 0 Å². The first kappa shape index (κ1) is 14.5. The quantitative estimate of drug-likeness (QED) is 0.861. The van der Waals surface area contributed by atoms with Gasteiger partial charge >= 0.3 is 6.03 Å². The van der Waals surface area contributed by atoms with Crippen molar-refractivity contribution in [2.45, 2.75) is 20.8 Å². The van der Waals surface area contributed by atoms with E-state index in [-0.39, 0.29) is 11.4 Å². The van der Waals surface area contributed by atoms with Crippen LogP contribution in [0.4, 0.5) is 10.5 Å². The van der Waals surface area contributed by atoms with Crippen LogP contribution in [0.15, 0.2) is 24.3 Å². The van der Waals surface area contributed by atoms with E-state index in [1.807, 2.05) is 45.0 Å². The Bertz CT molecular complexity index is 415. The highest BCUT2D eigenvalue weighted by Crippen LogP contribution is 2.15. The first-order valence-electron chi connectivity index (χ1n) is 6.13. The SMILES string of the molecule is Cc1cccc(NC(=O)N(C)CC(C)(C)CN)c1. The summed E-state index contributed by atoms with van der Waals surface area (Å²) < 4.78 is 0. The van der Waals surface area contributed by atoms with Gasteiger partial charge in [0.25, 0.3) is 0 Å². The largest absolute Gasteiger partial charge is 0.330 e. The first-order valence-corrected chi connectivity index (χ1v) is 6.13. The highest BCUT2D eigenvalue weighted by atomic mass is 16.2. The summed E-state index contributed by atoms with van der Waals surface area (Å²) in [7, 11) is 1.78. The lowest BCUT2D eigenvalue weighted by Gasteiger charge is -2.29. The molecular formula is C14H23N3O. The van der Waals surface area contributed by atoms with E-state index in [4.69, 9.17) is 5.73 Å². The third kappa shape index (κ3) is 4.37. The van der Waals surface area contributed by atoms with Crippen molar-refractivity contribution in [3.63, 3.8) is 0 Å². The minimum atomic E-state index is -0.109. The Labute approximate surface area is 109 Å². The molecule has 1 aromatic carbocycles. The average Bonchev–Trinajstić information content (AvgIpc) is 2.28. The van der Waals surface area contributed by atoms with Crippen LogP contribution in [0.25, 0.3) is 0 Å². The molecular weight excluding hydrogens is 226 g/mol. The van der Waals surface area contributed by atoms with Crippen LogP contribution >= 0.6 is 0 Å². The van der Waals surface area contributed by atoms with Gasteiger partial charge < -0.3 is 16.0 Å². The zero-order chi connectivity index (χ0) is 13.8. The van der Waals surface area contributed by atoms with E-state index in [1.165, 1.54) is 0 Å². The van der Waals surface area contributed by atoms with Crippen LogP contribution in [-0.4, -0.2) is 31.1 Å². The molecule has 0 spiro atoms. The van der Waals surface area contributed by atoms with Crippen LogP contribution in [0.5, 0.6) is 0 Å². The molecule has 0 bridgehead atoms. The summed E-state index contributed by atoms with van der Waals surface area (Å²) in [5.41, 5.74) is 7.54. The first-order chi connectivity index (χ1) is 8.34. The van der Waals surface area contributed by atoms with Gasteiger partial charge in [-0.15, -0.1) is 0 Å². The van der Waals surface area contributed by atoms with Gasteiger partial charge in [0.05, 0.1) is 0 Å². The fourth-order valence-corrected chi connectivity index (χ4v) is 1.72. The number of nitrogens with one attached hydrogen (secondary N) is 1. The highest BCUT2D eigenvalue weighted by Gasteiger charge is 2.21. The number of carbonyl (C=O) groups is 1. The second kappa shape index (κ2) is 5.87. The number of hydrogen-bond acceptors (Lipinski definition) is 2. The molecule has 0 radical (unpaired) electrons. The molecule has 0 unspecified atom stereocenters. The average molecular weight is 249 g/mol. The van der Waals surface area contributed by atoms with Crippen molar-refractivity contribution < 1.29 is 4.79 Å². The maximum atomic E-state index is 12.0. The molecule has 0 atom stereocenters. The van der Waals surface area contributed by atoms with Crippen molar-refractivity contribution in [3.05, 3.63) is 29.8 Å². The van der Waals surface area contributed by atoms with Crippen LogP contribution in [-0.2, 0) is 0 Å². The fourth-order valence-electron chi connectivity index (χ4n) is 1.72. The Morgan fingerprint density at radius 1 is 1.44 bits per heavy atom. The monoisotopic (exact) mass is 249 g/mol. The molecule has 1 rings (SSSR count). The molecule has 2 amide bonds. The molecule has 0 aromatic heterocycles. The van der Waals surface area contributed by atoms with E-state index in [0.717, 1.165) is 11.3 Å². The Morgan fingerprint density at radius 3 is 2.67 bits per heavy atom. The lowest BCUT2D eigenvalue weighted by atomic mass is 9.93. The number of benzene rings is 1. The number of rotatable bonds is 4. The van der Waals surface area contributed by atoms with Gasteiger partial charge in [0.2, 0.25) is 0 Å². The number of aryl methyl sites for hydroxylation is 1. The third-order valence-electron chi connectivity index (χ3n) is 2.83. The minimum absolute atomic E-state index is 0.0707. The zero-order valence-corrected chi connectivity index (χ0v) is 11.7. The summed E-state index contributed by atoms with van der Waals surface area (Å²) in [5.74, 6) is 0. The van der Waals surface area contributed by atoms with E-state index < -0.39 is 0 Å². The lowest BCUT2D eigenvalue weighted by molar-refractivity contribution is 0.197. The number of anilines is 1. The third-order valence-corrected chi connectivity index (χ3v) is 2.83. The van der Waals surface area contributed by atoms with E-state index in [1.54, 1.807) is 11.9 Å². The number of nitrogens with two attached hydrogens (primary N) is 1. The summed E-state index contributed by atoms with van der Waals surface area (Å²) in [6, 6.07) is 7.64. The molecule has 0 heterocycles. The van der Waals surface area contributed by atoms with Gasteiger partial charge in [-0.2, -0.15) is 0 Å². The van der Waals surface area contributed by atoms with Crippen LogP contribution in [0.1, 0.15) is 19.4 Å². The topological polar surface area (TPSA) is 58.4 Å². The molecule has 1 aromatic rings. The fraction of sp³-hybridized carbons (Fsp3) is 0.500. The zero-order valence-electron chi connectivity index (χ0n) is 11.7. The summed E-state index contributed by atoms with van der Waals surface area (Å²) in [4.78, 5) is 13.7. The standard InChI is InChI=1S/C14H23N3O/c1-11-6-5-7-12(8-11)16-13(18)17(4)10-14(2,3)9-15/h5-8H,9-10,15H2,1-4H3,(H,16,18). The molecule has 0 saturated carbocycles. The second-order valence-corrected chi connectivity index (χ2v) is 5.52. The van der Waals surface area contributed by atoms with Gasteiger partial charge in [0.15, 0.2) is 0 Å². The Hall–Kier alpha value is -1.55. The van der Waals surface area contributed by atoms with Gasteiger partial charge in [-0.1, -0.05) is 26.0 Å². The summed E-state index contributed by atoms with van der Waals surface area (Å²) in [6.07, 6.45) is 0. The predicted molar refractivity (Wildman–Crippen MR) is 75.7 cm³/mol. The van der Waals surface area contributed by atoms with E-state index in [0.29, 0.717) is 13.1 Å². The van der Waals surface area contributed by atoms with Gasteiger partial charge in [-0.05, 0) is 36.6 Å². The molecule has 4 heteroatoms. The number of urea groups is 1. The van der Waals surface area contributed by atoms with E-state index in [2.05, 4.69) is 5.32 Å². The maximum Gasteiger partial charge on any atom is 0.321 e. The van der Waals surface area contributed by atoms with Crippen molar-refractivity contribution in [2.75, 3.05) is 25.5 Å². The minimum Gasteiger partial charge on any atom is -0.330 e. The Kier molecular flexibility index (Phi) is 4.73. The smallest absolute Gasteiger partial charge is 0.321 e. The van der Waals surface area contributed by atoms with Crippen molar-refractivity contribution in [1.29, 1.82) is 0 Å². The second-order valence-electron chi connectivity index (χ2n) is 5.52.